The van der Waals surface area contributed by atoms with Crippen LogP contribution in [-0.2, 0) is 0 Å². The van der Waals surface area contributed by atoms with Crippen LogP contribution in [0.4, 0.5) is 0 Å². The first-order valence-electron chi connectivity index (χ1n) is 5.81. The van der Waals surface area contributed by atoms with E-state index in [1.165, 1.54) is 36.5 Å². The first kappa shape index (κ1) is 14.7. The van der Waals surface area contributed by atoms with Crippen LogP contribution < -0.4 is 5.43 Å². The summed E-state index contributed by atoms with van der Waals surface area (Å²) in [5.74, 6) is -1.14. The highest BCUT2D eigenvalue weighted by atomic mass is 35.5. The molecule has 1 amide bonds. The molecule has 0 saturated carbocycles. The summed E-state index contributed by atoms with van der Waals surface area (Å²) in [5.41, 5.74) is 2.49. The van der Waals surface area contributed by atoms with E-state index in [1.807, 2.05) is 0 Å². The van der Waals surface area contributed by atoms with Crippen LogP contribution in [0.25, 0.3) is 0 Å². The number of nitrogens with zero attached hydrogens (tertiary/aromatic N) is 1. The smallest absolute Gasteiger partial charge is 0.275 e. The number of benzene rings is 2. The third-order valence-corrected chi connectivity index (χ3v) is 2.82. The van der Waals surface area contributed by atoms with Crippen LogP contribution in [-0.4, -0.2) is 27.4 Å². The molecule has 108 valence electrons. The Morgan fingerprint density at radius 1 is 1.10 bits per heavy atom. The molecule has 0 unspecified atom stereocenters. The summed E-state index contributed by atoms with van der Waals surface area (Å²) < 4.78 is 0. The summed E-state index contributed by atoms with van der Waals surface area (Å²) in [4.78, 5) is 11.8. The van der Waals surface area contributed by atoms with Gasteiger partial charge in [-0.2, -0.15) is 5.10 Å². The Bertz CT molecular complexity index is 716. The Balaban J connectivity index is 2.10. The zero-order valence-corrected chi connectivity index (χ0v) is 11.4. The lowest BCUT2D eigenvalue weighted by molar-refractivity contribution is 0.0952. The topological polar surface area (TPSA) is 102 Å². The predicted octanol–water partition coefficient (Wildman–Crippen LogP) is 2.22. The van der Waals surface area contributed by atoms with Gasteiger partial charge in [-0.3, -0.25) is 4.79 Å². The summed E-state index contributed by atoms with van der Waals surface area (Å²) in [6.45, 7) is 0. The number of halogens is 1. The number of aromatic hydroxyl groups is 3. The number of carbonyl (C=O) groups excluding carboxylic acids is 1. The number of nitrogens with one attached hydrogen (secondary N) is 1. The molecule has 2 rings (SSSR count). The van der Waals surface area contributed by atoms with Gasteiger partial charge in [-0.15, -0.1) is 0 Å². The van der Waals surface area contributed by atoms with E-state index in [9.17, 15) is 15.0 Å². The summed E-state index contributed by atoms with van der Waals surface area (Å²) in [7, 11) is 0. The molecule has 2 aromatic rings. The number of hydrogen-bond acceptors (Lipinski definition) is 5. The van der Waals surface area contributed by atoms with Crippen molar-refractivity contribution in [3.63, 3.8) is 0 Å². The lowest BCUT2D eigenvalue weighted by atomic mass is 10.2. The van der Waals surface area contributed by atoms with Crippen LogP contribution in [0.2, 0.25) is 5.02 Å². The van der Waals surface area contributed by atoms with Crippen LogP contribution in [0.3, 0.4) is 0 Å². The molecule has 0 saturated heterocycles. The number of hydrazone groups is 1. The van der Waals surface area contributed by atoms with Crippen molar-refractivity contribution in [2.45, 2.75) is 0 Å². The van der Waals surface area contributed by atoms with Crippen molar-refractivity contribution in [2.75, 3.05) is 0 Å². The van der Waals surface area contributed by atoms with Gasteiger partial charge in [0.05, 0.1) is 11.8 Å². The van der Waals surface area contributed by atoms with Crippen LogP contribution in [0.15, 0.2) is 41.5 Å². The molecule has 0 atom stereocenters. The molecule has 0 heterocycles. The molecule has 0 spiro atoms. The van der Waals surface area contributed by atoms with Crippen molar-refractivity contribution in [3.8, 4) is 17.2 Å². The minimum Gasteiger partial charge on any atom is -0.508 e. The highest BCUT2D eigenvalue weighted by molar-refractivity contribution is 6.31. The third-order valence-electron chi connectivity index (χ3n) is 2.59. The number of rotatable bonds is 3. The predicted molar refractivity (Wildman–Crippen MR) is 77.9 cm³/mol. The van der Waals surface area contributed by atoms with Gasteiger partial charge in [0.25, 0.3) is 5.91 Å². The van der Waals surface area contributed by atoms with Gasteiger partial charge in [-0.25, -0.2) is 5.43 Å². The van der Waals surface area contributed by atoms with Gasteiger partial charge < -0.3 is 15.3 Å². The second-order valence-electron chi connectivity index (χ2n) is 4.10. The van der Waals surface area contributed by atoms with E-state index in [1.54, 1.807) is 0 Å². The monoisotopic (exact) mass is 306 g/mol. The second kappa shape index (κ2) is 6.15. The summed E-state index contributed by atoms with van der Waals surface area (Å²) >= 11 is 5.74. The molecule has 0 bridgehead atoms. The van der Waals surface area contributed by atoms with E-state index in [2.05, 4.69) is 10.5 Å². The van der Waals surface area contributed by atoms with Crippen LogP contribution in [0.1, 0.15) is 15.9 Å². The molecule has 2 aromatic carbocycles. The minimum absolute atomic E-state index is 0.0189. The Morgan fingerprint density at radius 3 is 2.57 bits per heavy atom. The molecule has 0 aliphatic carbocycles. The maximum absolute atomic E-state index is 11.8. The van der Waals surface area contributed by atoms with Crippen molar-refractivity contribution < 1.29 is 20.1 Å². The van der Waals surface area contributed by atoms with E-state index in [0.29, 0.717) is 10.6 Å². The highest BCUT2D eigenvalue weighted by Crippen LogP contribution is 2.22. The fourth-order valence-corrected chi connectivity index (χ4v) is 1.72. The normalized spacial score (nSPS) is 10.7. The molecule has 0 fully saturated rings. The van der Waals surface area contributed by atoms with Crippen molar-refractivity contribution >= 4 is 23.7 Å². The van der Waals surface area contributed by atoms with E-state index >= 15 is 0 Å². The van der Waals surface area contributed by atoms with Crippen LogP contribution >= 0.6 is 11.6 Å². The Hall–Kier alpha value is -2.73. The maximum atomic E-state index is 11.8. The number of phenolic OH excluding ortho intramolecular Hbond substituents is 3. The van der Waals surface area contributed by atoms with Gasteiger partial charge in [0, 0.05) is 16.7 Å². The first-order chi connectivity index (χ1) is 9.97. The summed E-state index contributed by atoms with van der Waals surface area (Å²) in [6, 6.07) is 7.99. The maximum Gasteiger partial charge on any atom is 0.275 e. The molecular formula is C14H11ClN2O4. The van der Waals surface area contributed by atoms with Crippen LogP contribution in [0, 0.1) is 0 Å². The average molecular weight is 307 g/mol. The van der Waals surface area contributed by atoms with Gasteiger partial charge in [-0.05, 0) is 30.3 Å². The number of phenols is 3. The largest absolute Gasteiger partial charge is 0.508 e. The zero-order chi connectivity index (χ0) is 15.4. The molecule has 4 N–H and O–H groups in total. The fourth-order valence-electron chi connectivity index (χ4n) is 1.55. The Labute approximate surface area is 124 Å². The van der Waals surface area contributed by atoms with Crippen molar-refractivity contribution in [3.05, 3.63) is 52.5 Å². The lowest BCUT2D eigenvalue weighted by Gasteiger charge is -2.03. The fraction of sp³-hybridized carbons (Fsp3) is 0. The zero-order valence-electron chi connectivity index (χ0n) is 10.6. The molecular weight excluding hydrogens is 296 g/mol. The minimum atomic E-state index is -0.649. The van der Waals surface area contributed by atoms with Crippen molar-refractivity contribution in [1.82, 2.24) is 5.43 Å². The molecule has 0 aliphatic rings. The highest BCUT2D eigenvalue weighted by Gasteiger charge is 2.10. The van der Waals surface area contributed by atoms with E-state index in [4.69, 9.17) is 16.7 Å². The van der Waals surface area contributed by atoms with Gasteiger partial charge in [-0.1, -0.05) is 11.6 Å². The Kier molecular flexibility index (Phi) is 4.30. The van der Waals surface area contributed by atoms with E-state index in [0.717, 1.165) is 6.07 Å². The molecule has 6 nitrogen and oxygen atoms in total. The molecule has 0 radical (unpaired) electrons. The molecule has 0 aliphatic heterocycles. The summed E-state index contributed by atoms with van der Waals surface area (Å²) in [5, 5.41) is 32.2. The van der Waals surface area contributed by atoms with Gasteiger partial charge in [0.2, 0.25) is 0 Å². The van der Waals surface area contributed by atoms with Gasteiger partial charge in [0.1, 0.15) is 17.2 Å². The van der Waals surface area contributed by atoms with Crippen molar-refractivity contribution in [1.29, 1.82) is 0 Å². The number of amides is 1. The SMILES string of the molecule is O=C(N/N=C/c1ccc(O)cc1O)c1cc(Cl)ccc1O. The first-order valence-corrected chi connectivity index (χ1v) is 6.19. The lowest BCUT2D eigenvalue weighted by Crippen LogP contribution is -2.17. The van der Waals surface area contributed by atoms with Gasteiger partial charge >= 0.3 is 0 Å². The third kappa shape index (κ3) is 3.64. The van der Waals surface area contributed by atoms with Crippen LogP contribution in [0.5, 0.6) is 17.2 Å². The van der Waals surface area contributed by atoms with E-state index in [-0.39, 0.29) is 22.8 Å². The summed E-state index contributed by atoms with van der Waals surface area (Å²) in [6.07, 6.45) is 1.20. The molecule has 7 heteroatoms. The quantitative estimate of drug-likeness (QED) is 0.516. The Morgan fingerprint density at radius 2 is 1.86 bits per heavy atom. The number of hydrogen-bond donors (Lipinski definition) is 4. The number of carbonyl (C=O) groups is 1. The molecule has 21 heavy (non-hydrogen) atoms. The molecule has 0 aromatic heterocycles. The standard InChI is InChI=1S/C14H11ClN2O4/c15-9-2-4-12(19)11(5-9)14(21)17-16-7-8-1-3-10(18)6-13(8)20/h1-7,18-20H,(H,17,21)/b16-7+. The van der Waals surface area contributed by atoms with Gasteiger partial charge in [0.15, 0.2) is 0 Å². The average Bonchev–Trinajstić information content (AvgIpc) is 2.43. The van der Waals surface area contributed by atoms with Crippen molar-refractivity contribution in [2.24, 2.45) is 5.10 Å². The second-order valence-corrected chi connectivity index (χ2v) is 4.54. The van der Waals surface area contributed by atoms with E-state index < -0.39 is 5.91 Å².